The van der Waals surface area contributed by atoms with E-state index < -0.39 is 0 Å². The van der Waals surface area contributed by atoms with Gasteiger partial charge in [0.05, 0.1) is 6.20 Å². The lowest BCUT2D eigenvalue weighted by Gasteiger charge is -1.94. The Morgan fingerprint density at radius 2 is 2.00 bits per heavy atom. The lowest BCUT2D eigenvalue weighted by molar-refractivity contribution is 0.104. The fourth-order valence-electron chi connectivity index (χ4n) is 1.30. The average molecular weight is 208 g/mol. The third-order valence-electron chi connectivity index (χ3n) is 2.12. The zero-order valence-corrected chi connectivity index (χ0v) is 8.63. The molecule has 2 heteroatoms. The molecule has 0 amide bonds. The van der Waals surface area contributed by atoms with Gasteiger partial charge in [0.2, 0.25) is 0 Å². The SMILES string of the molecule is O=C(C=Cc1cc[c]nc1)c1ccccc1. The van der Waals surface area contributed by atoms with Crippen molar-refractivity contribution in [1.82, 2.24) is 4.98 Å². The minimum absolute atomic E-state index is 0.00608. The first-order chi connectivity index (χ1) is 7.86. The van der Waals surface area contributed by atoms with Crippen LogP contribution in [0, 0.1) is 6.20 Å². The number of carbonyl (C=O) groups is 1. The van der Waals surface area contributed by atoms with Gasteiger partial charge in [0.1, 0.15) is 0 Å². The van der Waals surface area contributed by atoms with Crippen LogP contribution < -0.4 is 0 Å². The molecule has 0 saturated heterocycles. The highest BCUT2D eigenvalue weighted by Gasteiger charge is 1.98. The van der Waals surface area contributed by atoms with E-state index in [0.717, 1.165) is 5.56 Å². The van der Waals surface area contributed by atoms with Crippen LogP contribution in [0.3, 0.4) is 0 Å². The molecule has 0 atom stereocenters. The van der Waals surface area contributed by atoms with Gasteiger partial charge in [-0.3, -0.25) is 9.78 Å². The summed E-state index contributed by atoms with van der Waals surface area (Å²) in [5, 5.41) is 0. The van der Waals surface area contributed by atoms with Gasteiger partial charge < -0.3 is 0 Å². The average Bonchev–Trinajstić information content (AvgIpc) is 2.38. The molecule has 1 aromatic heterocycles. The molecule has 16 heavy (non-hydrogen) atoms. The molecule has 2 rings (SSSR count). The van der Waals surface area contributed by atoms with E-state index in [0.29, 0.717) is 5.56 Å². The molecule has 0 aliphatic heterocycles. The van der Waals surface area contributed by atoms with Gasteiger partial charge in [0.15, 0.2) is 5.78 Å². The fourth-order valence-corrected chi connectivity index (χ4v) is 1.30. The lowest BCUT2D eigenvalue weighted by atomic mass is 10.1. The summed E-state index contributed by atoms with van der Waals surface area (Å²) in [5.74, 6) is -0.00608. The number of hydrogen-bond acceptors (Lipinski definition) is 2. The first kappa shape index (κ1) is 10.3. The summed E-state index contributed by atoms with van der Waals surface area (Å²) >= 11 is 0. The highest BCUT2D eigenvalue weighted by molar-refractivity contribution is 6.06. The third kappa shape index (κ3) is 2.64. The van der Waals surface area contributed by atoms with E-state index in [1.54, 1.807) is 36.5 Å². The highest BCUT2D eigenvalue weighted by atomic mass is 16.1. The molecule has 0 saturated carbocycles. The number of nitrogens with zero attached hydrogens (tertiary/aromatic N) is 1. The predicted molar refractivity (Wildman–Crippen MR) is 62.9 cm³/mol. The second-order valence-electron chi connectivity index (χ2n) is 3.28. The van der Waals surface area contributed by atoms with Crippen molar-refractivity contribution < 1.29 is 4.79 Å². The van der Waals surface area contributed by atoms with E-state index in [9.17, 15) is 4.79 Å². The lowest BCUT2D eigenvalue weighted by Crippen LogP contribution is -1.92. The van der Waals surface area contributed by atoms with Crippen molar-refractivity contribution in [3.63, 3.8) is 0 Å². The predicted octanol–water partition coefficient (Wildman–Crippen LogP) is 2.78. The summed E-state index contributed by atoms with van der Waals surface area (Å²) in [4.78, 5) is 15.6. The maximum absolute atomic E-state index is 11.7. The van der Waals surface area contributed by atoms with Crippen molar-refractivity contribution in [2.45, 2.75) is 0 Å². The van der Waals surface area contributed by atoms with Crippen molar-refractivity contribution >= 4 is 11.9 Å². The topological polar surface area (TPSA) is 30.0 Å². The fraction of sp³-hybridized carbons (Fsp3) is 0. The van der Waals surface area contributed by atoms with Crippen LogP contribution in [-0.4, -0.2) is 10.8 Å². The van der Waals surface area contributed by atoms with Crippen molar-refractivity contribution in [3.8, 4) is 0 Å². The summed E-state index contributed by atoms with van der Waals surface area (Å²) in [6.07, 6.45) is 7.64. The van der Waals surface area contributed by atoms with E-state index in [4.69, 9.17) is 0 Å². The molecule has 0 unspecified atom stereocenters. The second-order valence-corrected chi connectivity index (χ2v) is 3.28. The molecule has 1 heterocycles. The molecule has 0 N–H and O–H groups in total. The van der Waals surface area contributed by atoms with Crippen LogP contribution in [0.5, 0.6) is 0 Å². The summed E-state index contributed by atoms with van der Waals surface area (Å²) in [5.41, 5.74) is 1.58. The van der Waals surface area contributed by atoms with Gasteiger partial charge in [0.25, 0.3) is 0 Å². The number of allylic oxidation sites excluding steroid dienone is 1. The minimum atomic E-state index is -0.00608. The number of rotatable bonds is 3. The summed E-state index contributed by atoms with van der Waals surface area (Å²) in [7, 11) is 0. The Labute approximate surface area is 94.3 Å². The van der Waals surface area contributed by atoms with Crippen LogP contribution in [-0.2, 0) is 0 Å². The van der Waals surface area contributed by atoms with E-state index in [1.807, 2.05) is 24.3 Å². The van der Waals surface area contributed by atoms with Crippen molar-refractivity contribution in [2.24, 2.45) is 0 Å². The number of aromatic nitrogens is 1. The molecular weight excluding hydrogens is 198 g/mol. The second kappa shape index (κ2) is 5.03. The largest absolute Gasteiger partial charge is 0.289 e. The molecule has 2 aromatic rings. The van der Waals surface area contributed by atoms with Crippen LogP contribution >= 0.6 is 0 Å². The summed E-state index contributed by atoms with van der Waals surface area (Å²) < 4.78 is 0. The first-order valence-corrected chi connectivity index (χ1v) is 4.96. The molecule has 0 fully saturated rings. The van der Waals surface area contributed by atoms with E-state index in [1.165, 1.54) is 0 Å². The Hall–Kier alpha value is -2.22. The van der Waals surface area contributed by atoms with Crippen LogP contribution in [0.15, 0.2) is 54.7 Å². The van der Waals surface area contributed by atoms with Crippen LogP contribution in [0.25, 0.3) is 6.08 Å². The van der Waals surface area contributed by atoms with Gasteiger partial charge in [-0.05, 0) is 23.8 Å². The number of ketones is 1. The minimum Gasteiger partial charge on any atom is -0.289 e. The number of hydrogen-bond donors (Lipinski definition) is 0. The Kier molecular flexibility index (Phi) is 3.24. The van der Waals surface area contributed by atoms with Gasteiger partial charge in [-0.1, -0.05) is 36.4 Å². The number of carbonyl (C=O) groups excluding carboxylic acids is 1. The molecule has 1 radical (unpaired) electrons. The van der Waals surface area contributed by atoms with Gasteiger partial charge in [0, 0.05) is 11.8 Å². The van der Waals surface area contributed by atoms with Crippen LogP contribution in [0.1, 0.15) is 15.9 Å². The number of benzene rings is 1. The van der Waals surface area contributed by atoms with Crippen molar-refractivity contribution in [1.29, 1.82) is 0 Å². The van der Waals surface area contributed by atoms with E-state index in [2.05, 4.69) is 11.2 Å². The molecule has 1 aromatic carbocycles. The van der Waals surface area contributed by atoms with Crippen LogP contribution in [0.4, 0.5) is 0 Å². The molecule has 0 aliphatic carbocycles. The molecular formula is C14H10NO. The normalized spacial score (nSPS) is 10.5. The molecule has 77 valence electrons. The molecule has 0 aliphatic rings. The first-order valence-electron chi connectivity index (χ1n) is 4.96. The number of pyridine rings is 1. The Morgan fingerprint density at radius 3 is 2.69 bits per heavy atom. The van der Waals surface area contributed by atoms with Gasteiger partial charge in [-0.25, -0.2) is 0 Å². The zero-order chi connectivity index (χ0) is 11.2. The van der Waals surface area contributed by atoms with Gasteiger partial charge in [-0.2, -0.15) is 0 Å². The Bertz CT molecular complexity index is 489. The monoisotopic (exact) mass is 208 g/mol. The van der Waals surface area contributed by atoms with Gasteiger partial charge >= 0.3 is 0 Å². The standard InChI is InChI=1S/C14H10NO/c16-14(13-6-2-1-3-7-13)9-8-12-5-4-10-15-11-12/h1-9,11H. The maximum atomic E-state index is 11.7. The molecule has 0 spiro atoms. The quantitative estimate of drug-likeness (QED) is 0.573. The summed E-state index contributed by atoms with van der Waals surface area (Å²) in [6.45, 7) is 0. The van der Waals surface area contributed by atoms with Crippen molar-refractivity contribution in [2.75, 3.05) is 0 Å². The van der Waals surface area contributed by atoms with E-state index >= 15 is 0 Å². The smallest absolute Gasteiger partial charge is 0.185 e. The van der Waals surface area contributed by atoms with E-state index in [-0.39, 0.29) is 5.78 Å². The molecule has 0 bridgehead atoms. The zero-order valence-electron chi connectivity index (χ0n) is 8.63. The Morgan fingerprint density at radius 1 is 1.19 bits per heavy atom. The van der Waals surface area contributed by atoms with Gasteiger partial charge in [-0.15, -0.1) is 0 Å². The highest BCUT2D eigenvalue weighted by Crippen LogP contribution is 2.04. The molecule has 2 nitrogen and oxygen atoms in total. The maximum Gasteiger partial charge on any atom is 0.185 e. The summed E-state index contributed by atoms with van der Waals surface area (Å²) in [6, 6.07) is 12.7. The third-order valence-corrected chi connectivity index (χ3v) is 2.12. The Balaban J connectivity index is 2.12. The van der Waals surface area contributed by atoms with Crippen LogP contribution in [0.2, 0.25) is 0 Å². The van der Waals surface area contributed by atoms with Crippen molar-refractivity contribution in [3.05, 3.63) is 72.1 Å².